The van der Waals surface area contributed by atoms with Crippen LogP contribution in [0.1, 0.15) is 61.1 Å². The second kappa shape index (κ2) is 7.82. The number of aryl methyl sites for hydroxylation is 1. The summed E-state index contributed by atoms with van der Waals surface area (Å²) in [5.41, 5.74) is 1.68. The van der Waals surface area contributed by atoms with Gasteiger partial charge in [-0.15, -0.1) is 5.10 Å². The Kier molecular flexibility index (Phi) is 6.42. The molecule has 1 heterocycles. The number of aromatic nitrogens is 2. The summed E-state index contributed by atoms with van der Waals surface area (Å²) in [7, 11) is 0. The summed E-state index contributed by atoms with van der Waals surface area (Å²) in [6, 6.07) is 0. The predicted molar refractivity (Wildman–Crippen MR) is 80.5 cm³/mol. The summed E-state index contributed by atoms with van der Waals surface area (Å²) in [5, 5.41) is 17.7. The summed E-state index contributed by atoms with van der Waals surface area (Å²) < 4.78 is 0. The van der Waals surface area contributed by atoms with E-state index in [1.807, 2.05) is 0 Å². The molecule has 1 rings (SSSR count). The molecule has 5 heteroatoms. The van der Waals surface area contributed by atoms with E-state index in [1.54, 1.807) is 13.8 Å². The van der Waals surface area contributed by atoms with Crippen LogP contribution in [-0.2, 0) is 0 Å². The fourth-order valence-corrected chi connectivity index (χ4v) is 2.09. The summed E-state index contributed by atoms with van der Waals surface area (Å²) >= 11 is 0. The first-order valence-electron chi connectivity index (χ1n) is 7.35. The number of hydrogen-bond donors (Lipinski definition) is 1. The molecular weight excluding hydrogens is 254 g/mol. The van der Waals surface area contributed by atoms with E-state index in [4.69, 9.17) is 0 Å². The zero-order valence-corrected chi connectivity index (χ0v) is 12.9. The lowest BCUT2D eigenvalue weighted by molar-refractivity contribution is 0.0696. The Labute approximate surface area is 121 Å². The molecule has 0 fully saturated rings. The predicted octanol–water partition coefficient (Wildman–Crippen LogP) is 3.20. The fraction of sp³-hybridized carbons (Fsp3) is 0.667. The standard InChI is InChI=1S/C15H25N3O2/c1-5-7-9-18(10-8-6-2)14-13(15(19)20)11(3)12(4)16-17-14/h5-10H2,1-4H3,(H,19,20). The van der Waals surface area contributed by atoms with Crippen LogP contribution in [0.25, 0.3) is 0 Å². The Morgan fingerprint density at radius 3 is 2.10 bits per heavy atom. The molecule has 0 bridgehead atoms. The molecule has 1 aromatic rings. The number of carboxylic acids is 1. The van der Waals surface area contributed by atoms with Gasteiger partial charge >= 0.3 is 5.97 Å². The molecule has 0 spiro atoms. The van der Waals surface area contributed by atoms with E-state index in [9.17, 15) is 9.90 Å². The molecule has 0 unspecified atom stereocenters. The molecule has 0 aliphatic heterocycles. The number of carbonyl (C=O) groups is 1. The fourth-order valence-electron chi connectivity index (χ4n) is 2.09. The van der Waals surface area contributed by atoms with Crippen LogP contribution in [0, 0.1) is 13.8 Å². The third kappa shape index (κ3) is 3.92. The molecule has 0 aliphatic carbocycles. The Morgan fingerprint density at radius 1 is 1.10 bits per heavy atom. The molecule has 0 radical (unpaired) electrons. The van der Waals surface area contributed by atoms with Crippen molar-refractivity contribution in [2.24, 2.45) is 0 Å². The van der Waals surface area contributed by atoms with Crippen molar-refractivity contribution < 1.29 is 9.90 Å². The highest BCUT2D eigenvalue weighted by Gasteiger charge is 2.21. The largest absolute Gasteiger partial charge is 0.478 e. The maximum atomic E-state index is 11.6. The lowest BCUT2D eigenvalue weighted by atomic mass is 10.1. The van der Waals surface area contributed by atoms with Crippen LogP contribution in [-0.4, -0.2) is 34.4 Å². The number of nitrogens with zero attached hydrogens (tertiary/aromatic N) is 3. The Balaban J connectivity index is 3.17. The molecule has 0 saturated heterocycles. The van der Waals surface area contributed by atoms with Gasteiger partial charge in [-0.1, -0.05) is 26.7 Å². The minimum Gasteiger partial charge on any atom is -0.478 e. The van der Waals surface area contributed by atoms with Gasteiger partial charge in [-0.05, 0) is 32.3 Å². The Bertz CT molecular complexity index is 453. The third-order valence-corrected chi connectivity index (χ3v) is 3.51. The van der Waals surface area contributed by atoms with Gasteiger partial charge in [0.2, 0.25) is 0 Å². The molecular formula is C15H25N3O2. The maximum absolute atomic E-state index is 11.6. The van der Waals surface area contributed by atoms with Crippen molar-refractivity contribution in [2.45, 2.75) is 53.4 Å². The van der Waals surface area contributed by atoms with E-state index in [0.29, 0.717) is 22.6 Å². The van der Waals surface area contributed by atoms with Gasteiger partial charge in [0, 0.05) is 13.1 Å². The highest BCUT2D eigenvalue weighted by Crippen LogP contribution is 2.23. The van der Waals surface area contributed by atoms with Gasteiger partial charge in [0.1, 0.15) is 5.56 Å². The quantitative estimate of drug-likeness (QED) is 0.791. The van der Waals surface area contributed by atoms with Gasteiger partial charge in [0.15, 0.2) is 5.82 Å². The summed E-state index contributed by atoms with van der Waals surface area (Å²) in [5.74, 6) is -0.406. The monoisotopic (exact) mass is 279 g/mol. The van der Waals surface area contributed by atoms with E-state index >= 15 is 0 Å². The van der Waals surface area contributed by atoms with Crippen molar-refractivity contribution in [3.8, 4) is 0 Å². The van der Waals surface area contributed by atoms with Crippen LogP contribution in [0.2, 0.25) is 0 Å². The summed E-state index contributed by atoms with van der Waals surface area (Å²) in [6.07, 6.45) is 4.20. The zero-order chi connectivity index (χ0) is 15.1. The first kappa shape index (κ1) is 16.4. The molecule has 0 amide bonds. The molecule has 0 aliphatic rings. The van der Waals surface area contributed by atoms with Crippen molar-refractivity contribution in [1.82, 2.24) is 10.2 Å². The highest BCUT2D eigenvalue weighted by molar-refractivity contribution is 5.95. The lowest BCUT2D eigenvalue weighted by Crippen LogP contribution is -2.29. The summed E-state index contributed by atoms with van der Waals surface area (Å²) in [6.45, 7) is 9.50. The lowest BCUT2D eigenvalue weighted by Gasteiger charge is -2.25. The maximum Gasteiger partial charge on any atom is 0.339 e. The van der Waals surface area contributed by atoms with E-state index in [-0.39, 0.29) is 0 Å². The first-order valence-corrected chi connectivity index (χ1v) is 7.35. The minimum atomic E-state index is -0.923. The Morgan fingerprint density at radius 2 is 1.65 bits per heavy atom. The van der Waals surface area contributed by atoms with Crippen LogP contribution in [0.4, 0.5) is 5.82 Å². The van der Waals surface area contributed by atoms with E-state index in [1.165, 1.54) is 0 Å². The van der Waals surface area contributed by atoms with Crippen molar-refractivity contribution in [2.75, 3.05) is 18.0 Å². The first-order chi connectivity index (χ1) is 9.52. The zero-order valence-electron chi connectivity index (χ0n) is 12.9. The van der Waals surface area contributed by atoms with Gasteiger partial charge in [-0.25, -0.2) is 4.79 Å². The van der Waals surface area contributed by atoms with Crippen molar-refractivity contribution >= 4 is 11.8 Å². The van der Waals surface area contributed by atoms with E-state index < -0.39 is 5.97 Å². The molecule has 112 valence electrons. The molecule has 0 atom stereocenters. The molecule has 0 aromatic carbocycles. The summed E-state index contributed by atoms with van der Waals surface area (Å²) in [4.78, 5) is 13.6. The van der Waals surface area contributed by atoms with Gasteiger partial charge < -0.3 is 10.0 Å². The third-order valence-electron chi connectivity index (χ3n) is 3.51. The number of aromatic carboxylic acids is 1. The van der Waals surface area contributed by atoms with Gasteiger partial charge in [0.25, 0.3) is 0 Å². The Hall–Kier alpha value is -1.65. The normalized spacial score (nSPS) is 10.6. The molecule has 1 aromatic heterocycles. The van der Waals surface area contributed by atoms with E-state index in [0.717, 1.165) is 38.8 Å². The topological polar surface area (TPSA) is 66.3 Å². The number of anilines is 1. The molecule has 0 saturated carbocycles. The second-order valence-corrected chi connectivity index (χ2v) is 5.11. The smallest absolute Gasteiger partial charge is 0.339 e. The number of unbranched alkanes of at least 4 members (excludes halogenated alkanes) is 2. The van der Waals surface area contributed by atoms with Crippen molar-refractivity contribution in [1.29, 1.82) is 0 Å². The van der Waals surface area contributed by atoms with E-state index in [2.05, 4.69) is 28.9 Å². The number of carboxylic acid groups (broad SMARTS) is 1. The van der Waals surface area contributed by atoms with Gasteiger partial charge in [0.05, 0.1) is 5.69 Å². The average molecular weight is 279 g/mol. The van der Waals surface area contributed by atoms with Crippen LogP contribution in [0.15, 0.2) is 0 Å². The molecule has 20 heavy (non-hydrogen) atoms. The van der Waals surface area contributed by atoms with Crippen molar-refractivity contribution in [3.63, 3.8) is 0 Å². The van der Waals surface area contributed by atoms with Gasteiger partial charge in [-0.2, -0.15) is 5.10 Å². The number of hydrogen-bond acceptors (Lipinski definition) is 4. The van der Waals surface area contributed by atoms with Gasteiger partial charge in [-0.3, -0.25) is 0 Å². The van der Waals surface area contributed by atoms with Crippen LogP contribution in [0.5, 0.6) is 0 Å². The SMILES string of the molecule is CCCCN(CCCC)c1nnc(C)c(C)c1C(=O)O. The molecule has 5 nitrogen and oxygen atoms in total. The molecule has 1 N–H and O–H groups in total. The van der Waals surface area contributed by atoms with Crippen LogP contribution < -0.4 is 4.90 Å². The highest BCUT2D eigenvalue weighted by atomic mass is 16.4. The van der Waals surface area contributed by atoms with Crippen molar-refractivity contribution in [3.05, 3.63) is 16.8 Å². The average Bonchev–Trinajstić information content (AvgIpc) is 2.42. The minimum absolute atomic E-state index is 0.296. The van der Waals surface area contributed by atoms with Crippen LogP contribution >= 0.6 is 0 Å². The van der Waals surface area contributed by atoms with Crippen LogP contribution in [0.3, 0.4) is 0 Å². The number of rotatable bonds is 8. The second-order valence-electron chi connectivity index (χ2n) is 5.11.